The van der Waals surface area contributed by atoms with Gasteiger partial charge in [-0.05, 0) is 37.6 Å². The fourth-order valence-corrected chi connectivity index (χ4v) is 3.77. The third-order valence-electron chi connectivity index (χ3n) is 5.58. The lowest BCUT2D eigenvalue weighted by molar-refractivity contribution is -0.134. The van der Waals surface area contributed by atoms with Crippen LogP contribution in [0.4, 0.5) is 0 Å². The van der Waals surface area contributed by atoms with Crippen LogP contribution in [0, 0.1) is 0 Å². The van der Waals surface area contributed by atoms with Gasteiger partial charge < -0.3 is 9.32 Å². The van der Waals surface area contributed by atoms with E-state index >= 15 is 0 Å². The van der Waals surface area contributed by atoms with E-state index in [1.165, 1.54) is 5.56 Å². The lowest BCUT2D eigenvalue weighted by Crippen LogP contribution is -2.50. The molecule has 0 bridgehead atoms. The van der Waals surface area contributed by atoms with E-state index in [2.05, 4.69) is 22.9 Å². The molecule has 2 atom stereocenters. The number of hydrogen-bond donors (Lipinski definition) is 0. The van der Waals surface area contributed by atoms with Gasteiger partial charge in [-0.3, -0.25) is 14.7 Å². The number of aromatic nitrogens is 1. The first-order chi connectivity index (χ1) is 13.1. The van der Waals surface area contributed by atoms with Crippen LogP contribution in [0.15, 0.2) is 59.3 Å². The number of para-hydroxylation sites is 1. The van der Waals surface area contributed by atoms with Gasteiger partial charge in [-0.25, -0.2) is 0 Å². The molecule has 27 heavy (non-hydrogen) atoms. The molecular formula is C22H25N3O2. The van der Waals surface area contributed by atoms with Crippen LogP contribution in [-0.4, -0.2) is 46.9 Å². The number of pyridine rings is 1. The summed E-state index contributed by atoms with van der Waals surface area (Å²) >= 11 is 0. The fraction of sp³-hybridized carbons (Fsp3) is 0.364. The molecule has 0 N–H and O–H groups in total. The van der Waals surface area contributed by atoms with Gasteiger partial charge in [-0.15, -0.1) is 0 Å². The van der Waals surface area contributed by atoms with Gasteiger partial charge in [0.15, 0.2) is 0 Å². The molecule has 3 aromatic rings. The molecule has 0 spiro atoms. The molecule has 0 radical (unpaired) electrons. The van der Waals surface area contributed by atoms with Crippen molar-refractivity contribution < 1.29 is 9.21 Å². The van der Waals surface area contributed by atoms with Crippen molar-refractivity contribution >= 4 is 16.9 Å². The highest BCUT2D eigenvalue weighted by Gasteiger charge is 2.29. The van der Waals surface area contributed by atoms with Crippen molar-refractivity contribution in [2.75, 3.05) is 26.2 Å². The number of carbonyl (C=O) groups excluding carboxylic acids is 1. The summed E-state index contributed by atoms with van der Waals surface area (Å²) in [7, 11) is 0. The molecule has 0 saturated carbocycles. The third kappa shape index (κ3) is 3.60. The van der Waals surface area contributed by atoms with E-state index in [1.807, 2.05) is 54.4 Å². The Balaban J connectivity index is 1.39. The predicted octanol–water partition coefficient (Wildman–Crippen LogP) is 3.84. The first-order valence-electron chi connectivity index (χ1n) is 9.54. The molecule has 1 fully saturated rings. The van der Waals surface area contributed by atoms with Crippen LogP contribution in [0.5, 0.6) is 0 Å². The maximum atomic E-state index is 13.0. The zero-order valence-corrected chi connectivity index (χ0v) is 15.8. The van der Waals surface area contributed by atoms with Gasteiger partial charge in [0.1, 0.15) is 11.3 Å². The quantitative estimate of drug-likeness (QED) is 0.707. The van der Waals surface area contributed by atoms with Crippen LogP contribution >= 0.6 is 0 Å². The smallest absolute Gasteiger partial charge is 0.233 e. The number of rotatable bonds is 4. The molecule has 1 saturated heterocycles. The maximum Gasteiger partial charge on any atom is 0.233 e. The Hall–Kier alpha value is -2.66. The molecule has 3 heterocycles. The molecule has 2 aromatic heterocycles. The highest BCUT2D eigenvalue weighted by atomic mass is 16.3. The summed E-state index contributed by atoms with van der Waals surface area (Å²) in [5.74, 6) is 0.620. The summed E-state index contributed by atoms with van der Waals surface area (Å²) in [5, 5.41) is 1.04. The van der Waals surface area contributed by atoms with E-state index in [-0.39, 0.29) is 11.8 Å². The Morgan fingerprint density at radius 1 is 1.07 bits per heavy atom. The minimum absolute atomic E-state index is 0.141. The minimum atomic E-state index is -0.264. The van der Waals surface area contributed by atoms with Crippen molar-refractivity contribution in [1.82, 2.24) is 14.8 Å². The molecule has 140 valence electrons. The first-order valence-corrected chi connectivity index (χ1v) is 9.54. The standard InChI is InChI=1S/C22H25N3O2/c1-16(21-14-18-6-3-4-8-20(18)27-21)22(26)25-12-10-24(11-13-25)17(2)19-7-5-9-23-15-19/h3-9,14-17H,10-13H2,1-2H3/t16-,17-/m0/s1. The molecule has 5 heteroatoms. The molecule has 0 aliphatic carbocycles. The number of hydrogen-bond acceptors (Lipinski definition) is 4. The lowest BCUT2D eigenvalue weighted by atomic mass is 10.1. The van der Waals surface area contributed by atoms with Gasteiger partial charge in [-0.1, -0.05) is 24.3 Å². The largest absolute Gasteiger partial charge is 0.460 e. The second-order valence-corrected chi connectivity index (χ2v) is 7.23. The number of furan rings is 1. The van der Waals surface area contributed by atoms with Crippen LogP contribution in [0.25, 0.3) is 11.0 Å². The SMILES string of the molecule is C[C@H](C(=O)N1CCN([C@@H](C)c2cccnc2)CC1)c1cc2ccccc2o1. The average molecular weight is 363 g/mol. The summed E-state index contributed by atoms with van der Waals surface area (Å²) in [6.45, 7) is 7.36. The highest BCUT2D eigenvalue weighted by Crippen LogP contribution is 2.27. The second kappa shape index (κ2) is 7.53. The van der Waals surface area contributed by atoms with Crippen molar-refractivity contribution in [3.63, 3.8) is 0 Å². The van der Waals surface area contributed by atoms with E-state index in [4.69, 9.17) is 4.42 Å². The van der Waals surface area contributed by atoms with Gasteiger partial charge in [0.05, 0.1) is 5.92 Å². The molecule has 1 aliphatic heterocycles. The van der Waals surface area contributed by atoms with E-state index in [0.717, 1.165) is 42.9 Å². The van der Waals surface area contributed by atoms with E-state index in [0.29, 0.717) is 6.04 Å². The molecule has 4 rings (SSSR count). The molecule has 1 aliphatic rings. The number of nitrogens with zero attached hydrogens (tertiary/aromatic N) is 3. The number of fused-ring (bicyclic) bond motifs is 1. The number of piperazine rings is 1. The molecule has 1 aromatic carbocycles. The highest BCUT2D eigenvalue weighted by molar-refractivity contribution is 5.85. The van der Waals surface area contributed by atoms with Crippen LogP contribution < -0.4 is 0 Å². The Kier molecular flexibility index (Phi) is 4.94. The molecule has 1 amide bonds. The van der Waals surface area contributed by atoms with Crippen molar-refractivity contribution in [3.8, 4) is 0 Å². The lowest BCUT2D eigenvalue weighted by Gasteiger charge is -2.38. The van der Waals surface area contributed by atoms with Gasteiger partial charge in [-0.2, -0.15) is 0 Å². The van der Waals surface area contributed by atoms with Crippen LogP contribution in [0.1, 0.15) is 37.1 Å². The second-order valence-electron chi connectivity index (χ2n) is 7.23. The topological polar surface area (TPSA) is 49.6 Å². The van der Waals surface area contributed by atoms with Crippen LogP contribution in [0.3, 0.4) is 0 Å². The predicted molar refractivity (Wildman–Crippen MR) is 105 cm³/mol. The monoisotopic (exact) mass is 363 g/mol. The number of benzene rings is 1. The summed E-state index contributed by atoms with van der Waals surface area (Å²) in [6.07, 6.45) is 3.72. The van der Waals surface area contributed by atoms with E-state index < -0.39 is 0 Å². The molecule has 0 unspecified atom stereocenters. The first kappa shape index (κ1) is 17.7. The summed E-state index contributed by atoms with van der Waals surface area (Å²) in [4.78, 5) is 21.5. The normalized spacial score (nSPS) is 17.8. The minimum Gasteiger partial charge on any atom is -0.460 e. The zero-order chi connectivity index (χ0) is 18.8. The van der Waals surface area contributed by atoms with Crippen molar-refractivity contribution in [2.24, 2.45) is 0 Å². The van der Waals surface area contributed by atoms with Crippen molar-refractivity contribution in [1.29, 1.82) is 0 Å². The Bertz CT molecular complexity index is 880. The van der Waals surface area contributed by atoms with Crippen molar-refractivity contribution in [3.05, 3.63) is 66.2 Å². The Labute approximate surface area is 159 Å². The third-order valence-corrected chi connectivity index (χ3v) is 5.58. The zero-order valence-electron chi connectivity index (χ0n) is 15.8. The number of carbonyl (C=O) groups is 1. The van der Waals surface area contributed by atoms with Gasteiger partial charge in [0.25, 0.3) is 0 Å². The maximum absolute atomic E-state index is 13.0. The van der Waals surface area contributed by atoms with Gasteiger partial charge >= 0.3 is 0 Å². The van der Waals surface area contributed by atoms with Crippen molar-refractivity contribution in [2.45, 2.75) is 25.8 Å². The molecule has 5 nitrogen and oxygen atoms in total. The Morgan fingerprint density at radius 3 is 2.56 bits per heavy atom. The fourth-order valence-electron chi connectivity index (χ4n) is 3.77. The summed E-state index contributed by atoms with van der Waals surface area (Å²) in [6, 6.07) is 14.3. The molecular weight excluding hydrogens is 338 g/mol. The average Bonchev–Trinajstić information content (AvgIpc) is 3.17. The van der Waals surface area contributed by atoms with Crippen LogP contribution in [0.2, 0.25) is 0 Å². The van der Waals surface area contributed by atoms with E-state index in [9.17, 15) is 4.79 Å². The van der Waals surface area contributed by atoms with Crippen LogP contribution in [-0.2, 0) is 4.79 Å². The van der Waals surface area contributed by atoms with E-state index in [1.54, 1.807) is 6.20 Å². The Morgan fingerprint density at radius 2 is 1.85 bits per heavy atom. The van der Waals surface area contributed by atoms with Gasteiger partial charge in [0.2, 0.25) is 5.91 Å². The summed E-state index contributed by atoms with van der Waals surface area (Å²) < 4.78 is 5.89. The number of amides is 1. The van der Waals surface area contributed by atoms with Gasteiger partial charge in [0, 0.05) is 50.0 Å². The summed E-state index contributed by atoms with van der Waals surface area (Å²) in [5.41, 5.74) is 2.05.